The molecule has 2 aromatic rings. The van der Waals surface area contributed by atoms with E-state index in [9.17, 15) is 17.6 Å². The van der Waals surface area contributed by atoms with Crippen molar-refractivity contribution in [3.05, 3.63) is 59.9 Å². The van der Waals surface area contributed by atoms with Gasteiger partial charge in [-0.05, 0) is 37.3 Å². The quantitative estimate of drug-likeness (QED) is 0.815. The summed E-state index contributed by atoms with van der Waals surface area (Å²) in [6.07, 6.45) is 0. The second-order valence-electron chi connectivity index (χ2n) is 4.11. The third-order valence-electron chi connectivity index (χ3n) is 2.66. The molecule has 4 nitrogen and oxygen atoms in total. The third kappa shape index (κ3) is 3.28. The number of hydrogen-bond donors (Lipinski definition) is 0. The van der Waals surface area contributed by atoms with Crippen molar-refractivity contribution in [2.24, 2.45) is 0 Å². The van der Waals surface area contributed by atoms with Crippen molar-refractivity contribution < 1.29 is 22.3 Å². The van der Waals surface area contributed by atoms with Gasteiger partial charge in [0, 0.05) is 6.07 Å². The highest BCUT2D eigenvalue weighted by atomic mass is 32.2. The van der Waals surface area contributed by atoms with E-state index in [4.69, 9.17) is 4.74 Å². The minimum Gasteiger partial charge on any atom is -0.462 e. The number of halogens is 1. The van der Waals surface area contributed by atoms with Crippen LogP contribution in [0.2, 0.25) is 0 Å². The fourth-order valence-corrected chi connectivity index (χ4v) is 2.98. The first kappa shape index (κ1) is 15.2. The van der Waals surface area contributed by atoms with Crippen molar-refractivity contribution in [3.63, 3.8) is 0 Å². The minimum absolute atomic E-state index is 0.00864. The Bertz CT molecular complexity index is 769. The zero-order valence-corrected chi connectivity index (χ0v) is 12.0. The molecule has 0 bridgehead atoms. The molecule has 0 aliphatic heterocycles. The van der Waals surface area contributed by atoms with Gasteiger partial charge < -0.3 is 4.74 Å². The smallest absolute Gasteiger partial charge is 0.338 e. The van der Waals surface area contributed by atoms with Crippen LogP contribution in [0.4, 0.5) is 4.39 Å². The van der Waals surface area contributed by atoms with Gasteiger partial charge in [0.25, 0.3) is 0 Å². The first-order valence-corrected chi connectivity index (χ1v) is 7.63. The average molecular weight is 307 g/mol. The van der Waals surface area contributed by atoms with Crippen LogP contribution in [-0.2, 0) is 14.6 Å². The SMILES string of the molecule is CCOC(=O)c1[c]c(S(=O)(=O)c2cccc(F)c2)ccc1. The molecule has 0 saturated heterocycles. The summed E-state index contributed by atoms with van der Waals surface area (Å²) >= 11 is 0. The van der Waals surface area contributed by atoms with Crippen LogP contribution >= 0.6 is 0 Å². The lowest BCUT2D eigenvalue weighted by molar-refractivity contribution is 0.0525. The van der Waals surface area contributed by atoms with Crippen molar-refractivity contribution in [2.75, 3.05) is 6.61 Å². The lowest BCUT2D eigenvalue weighted by Crippen LogP contribution is -2.08. The molecule has 0 N–H and O–H groups in total. The molecule has 0 heterocycles. The molecule has 0 fully saturated rings. The topological polar surface area (TPSA) is 60.4 Å². The standard InChI is InChI=1S/C15H12FO4S/c1-2-20-15(17)11-5-3-7-13(9-11)21(18,19)14-8-4-6-12(16)10-14/h3-8,10H,2H2,1H3. The van der Waals surface area contributed by atoms with Gasteiger partial charge in [0.1, 0.15) is 5.82 Å². The predicted molar refractivity (Wildman–Crippen MR) is 73.1 cm³/mol. The number of carbonyl (C=O) groups is 1. The minimum atomic E-state index is -3.94. The summed E-state index contributed by atoms with van der Waals surface area (Å²) in [6, 6.07) is 11.3. The van der Waals surface area contributed by atoms with Crippen molar-refractivity contribution >= 4 is 15.8 Å². The van der Waals surface area contributed by atoms with Crippen LogP contribution in [0.5, 0.6) is 0 Å². The highest BCUT2D eigenvalue weighted by molar-refractivity contribution is 7.91. The Hall–Kier alpha value is -2.21. The molecule has 0 aliphatic rings. The Balaban J connectivity index is 2.46. The number of carbonyl (C=O) groups excluding carboxylic acids is 1. The second kappa shape index (κ2) is 6.05. The average Bonchev–Trinajstić information content (AvgIpc) is 2.47. The molecule has 2 aromatic carbocycles. The van der Waals surface area contributed by atoms with Crippen LogP contribution in [0.15, 0.2) is 52.3 Å². The molecule has 0 spiro atoms. The van der Waals surface area contributed by atoms with Gasteiger partial charge in [-0.1, -0.05) is 12.1 Å². The number of benzene rings is 2. The van der Waals surface area contributed by atoms with Crippen molar-refractivity contribution in [3.8, 4) is 0 Å². The summed E-state index contributed by atoms with van der Waals surface area (Å²) in [4.78, 5) is 11.2. The van der Waals surface area contributed by atoms with E-state index in [0.29, 0.717) is 0 Å². The van der Waals surface area contributed by atoms with Crippen LogP contribution in [-0.4, -0.2) is 21.0 Å². The summed E-state index contributed by atoms with van der Waals surface area (Å²) in [7, 11) is -3.94. The molecule has 109 valence electrons. The van der Waals surface area contributed by atoms with E-state index in [1.165, 1.54) is 30.3 Å². The number of ether oxygens (including phenoxy) is 1. The van der Waals surface area contributed by atoms with Crippen molar-refractivity contribution in [1.82, 2.24) is 0 Å². The molecule has 0 saturated carbocycles. The molecule has 0 unspecified atom stereocenters. The monoisotopic (exact) mass is 307 g/mol. The van der Waals surface area contributed by atoms with Crippen molar-refractivity contribution in [2.45, 2.75) is 16.7 Å². The van der Waals surface area contributed by atoms with Gasteiger partial charge in [-0.15, -0.1) is 0 Å². The fraction of sp³-hybridized carbons (Fsp3) is 0.133. The van der Waals surface area contributed by atoms with E-state index in [-0.39, 0.29) is 22.0 Å². The van der Waals surface area contributed by atoms with E-state index in [1.54, 1.807) is 6.92 Å². The van der Waals surface area contributed by atoms with Gasteiger partial charge >= 0.3 is 5.97 Å². The summed E-state index contributed by atoms with van der Waals surface area (Å²) in [5, 5.41) is 0. The molecule has 21 heavy (non-hydrogen) atoms. The Morgan fingerprint density at radius 1 is 1.24 bits per heavy atom. The van der Waals surface area contributed by atoms with E-state index in [1.807, 2.05) is 0 Å². The van der Waals surface area contributed by atoms with Gasteiger partial charge in [-0.25, -0.2) is 17.6 Å². The van der Waals surface area contributed by atoms with Crippen LogP contribution in [0.3, 0.4) is 0 Å². The van der Waals surface area contributed by atoms with E-state index in [0.717, 1.165) is 12.1 Å². The maximum Gasteiger partial charge on any atom is 0.338 e. The van der Waals surface area contributed by atoms with Gasteiger partial charge in [0.15, 0.2) is 0 Å². The molecule has 6 heteroatoms. The maximum atomic E-state index is 13.2. The predicted octanol–water partition coefficient (Wildman–Crippen LogP) is 2.64. The Labute approximate surface area is 122 Å². The summed E-state index contributed by atoms with van der Waals surface area (Å²) in [5.74, 6) is -1.31. The molecule has 0 aromatic heterocycles. The van der Waals surface area contributed by atoms with Crippen LogP contribution < -0.4 is 0 Å². The van der Waals surface area contributed by atoms with Gasteiger partial charge in [-0.3, -0.25) is 0 Å². The highest BCUT2D eigenvalue weighted by Gasteiger charge is 2.20. The van der Waals surface area contributed by atoms with E-state index in [2.05, 4.69) is 6.07 Å². The number of rotatable bonds is 4. The first-order chi connectivity index (χ1) is 9.95. The molecule has 0 aliphatic carbocycles. The zero-order valence-electron chi connectivity index (χ0n) is 11.2. The second-order valence-corrected chi connectivity index (χ2v) is 6.03. The van der Waals surface area contributed by atoms with Gasteiger partial charge in [-0.2, -0.15) is 0 Å². The normalized spacial score (nSPS) is 11.1. The van der Waals surface area contributed by atoms with Crippen LogP contribution in [0, 0.1) is 11.9 Å². The molecular formula is C15H12FO4S. The molecule has 0 atom stereocenters. The first-order valence-electron chi connectivity index (χ1n) is 6.15. The number of hydrogen-bond acceptors (Lipinski definition) is 4. The van der Waals surface area contributed by atoms with Crippen LogP contribution in [0.1, 0.15) is 17.3 Å². The molecule has 2 rings (SSSR count). The molecule has 0 amide bonds. The largest absolute Gasteiger partial charge is 0.462 e. The Morgan fingerprint density at radius 2 is 1.95 bits per heavy atom. The van der Waals surface area contributed by atoms with E-state index >= 15 is 0 Å². The van der Waals surface area contributed by atoms with E-state index < -0.39 is 21.6 Å². The van der Waals surface area contributed by atoms with Gasteiger partial charge in [0.2, 0.25) is 9.84 Å². The maximum absolute atomic E-state index is 13.2. The molecule has 1 radical (unpaired) electrons. The Morgan fingerprint density at radius 3 is 2.62 bits per heavy atom. The van der Waals surface area contributed by atoms with Gasteiger partial charge in [0.05, 0.1) is 22.0 Å². The summed E-state index contributed by atoms with van der Waals surface area (Å²) in [6.45, 7) is 1.82. The summed E-state index contributed by atoms with van der Waals surface area (Å²) in [5.41, 5.74) is 0.00864. The molecular weight excluding hydrogens is 295 g/mol. The van der Waals surface area contributed by atoms with Crippen molar-refractivity contribution in [1.29, 1.82) is 0 Å². The Kier molecular flexibility index (Phi) is 4.37. The number of sulfone groups is 1. The lowest BCUT2D eigenvalue weighted by Gasteiger charge is -2.06. The lowest BCUT2D eigenvalue weighted by atomic mass is 10.2. The number of esters is 1. The third-order valence-corrected chi connectivity index (χ3v) is 4.35. The fourth-order valence-electron chi connectivity index (χ4n) is 1.69. The highest BCUT2D eigenvalue weighted by Crippen LogP contribution is 2.22. The summed E-state index contributed by atoms with van der Waals surface area (Å²) < 4.78 is 42.7. The zero-order chi connectivity index (χ0) is 15.5. The van der Waals surface area contributed by atoms with Crippen LogP contribution in [0.25, 0.3) is 0 Å².